The van der Waals surface area contributed by atoms with Crippen molar-refractivity contribution in [1.29, 1.82) is 0 Å². The molecule has 11 heteroatoms. The zero-order valence-corrected chi connectivity index (χ0v) is 11.5. The van der Waals surface area contributed by atoms with E-state index >= 15 is 0 Å². The number of aliphatic hydroxyl groups excluding tert-OH is 1. The molecule has 0 aliphatic rings. The Kier molecular flexibility index (Phi) is 4.67. The van der Waals surface area contributed by atoms with Gasteiger partial charge in [-0.3, -0.25) is 0 Å². The molecule has 1 aromatic heterocycles. The first-order chi connectivity index (χ1) is 11.0. The van der Waals surface area contributed by atoms with Gasteiger partial charge in [0.1, 0.15) is 6.33 Å². The van der Waals surface area contributed by atoms with Gasteiger partial charge in [-0.1, -0.05) is 0 Å². The number of alkyl halides is 6. The molecule has 24 heavy (non-hydrogen) atoms. The maximum Gasteiger partial charge on any atom is 0.416 e. The molecule has 0 radical (unpaired) electrons. The van der Waals surface area contributed by atoms with Gasteiger partial charge in [0, 0.05) is 11.8 Å². The molecular formula is C13H9F6N3O2. The molecular weight excluding hydrogens is 344 g/mol. The third-order valence-corrected chi connectivity index (χ3v) is 2.77. The van der Waals surface area contributed by atoms with Gasteiger partial charge in [0.05, 0.1) is 11.1 Å². The number of nitrogens with zero attached hydrogens (tertiary/aromatic N) is 3. The van der Waals surface area contributed by atoms with Gasteiger partial charge < -0.3 is 10.2 Å². The fraction of sp³-hybridized carbons (Fsp3) is 0.231. The van der Waals surface area contributed by atoms with Crippen molar-refractivity contribution in [1.82, 2.24) is 14.8 Å². The number of hydrogen-bond donors (Lipinski definition) is 2. The van der Waals surface area contributed by atoms with Crippen molar-refractivity contribution in [2.75, 3.05) is 0 Å². The second-order valence-electron chi connectivity index (χ2n) is 4.60. The quantitative estimate of drug-likeness (QED) is 0.658. The number of halogens is 6. The Labute approximate surface area is 130 Å². The van der Waals surface area contributed by atoms with E-state index in [4.69, 9.17) is 10.2 Å². The molecule has 2 N–H and O–H groups in total. The fourth-order valence-corrected chi connectivity index (χ4v) is 1.73. The SMILES string of the molecule is OC(O)/C=C\n1cnc(-c2cc(C(F)(F)F)cc(C(F)(F)F)c2)n1. The lowest BCUT2D eigenvalue weighted by atomic mass is 10.0. The van der Waals surface area contributed by atoms with Crippen molar-refractivity contribution >= 4 is 6.20 Å². The van der Waals surface area contributed by atoms with E-state index < -0.39 is 35.3 Å². The van der Waals surface area contributed by atoms with Crippen LogP contribution in [0.4, 0.5) is 26.3 Å². The summed E-state index contributed by atoms with van der Waals surface area (Å²) in [5.74, 6) is -0.385. The first kappa shape index (κ1) is 17.9. The van der Waals surface area contributed by atoms with Crippen LogP contribution in [-0.2, 0) is 12.4 Å². The molecule has 0 fully saturated rings. The lowest BCUT2D eigenvalue weighted by Gasteiger charge is -2.13. The standard InChI is InChI=1S/C13H9F6N3O2/c14-12(15,16)8-3-7(4-9(5-8)13(17,18)19)11-20-6-22(21-11)2-1-10(23)24/h1-6,10,23-24H/b2-1-. The summed E-state index contributed by atoms with van der Waals surface area (Å²) in [4.78, 5) is 3.61. The average molecular weight is 353 g/mol. The van der Waals surface area contributed by atoms with Crippen molar-refractivity contribution < 1.29 is 36.6 Å². The molecule has 1 aromatic carbocycles. The van der Waals surface area contributed by atoms with Crippen molar-refractivity contribution in [3.8, 4) is 11.4 Å². The van der Waals surface area contributed by atoms with E-state index in [9.17, 15) is 26.3 Å². The summed E-state index contributed by atoms with van der Waals surface area (Å²) in [6.07, 6.45) is -8.87. The van der Waals surface area contributed by atoms with Gasteiger partial charge in [0.25, 0.3) is 0 Å². The number of hydrogen-bond acceptors (Lipinski definition) is 4. The highest BCUT2D eigenvalue weighted by Gasteiger charge is 2.37. The lowest BCUT2D eigenvalue weighted by molar-refractivity contribution is -0.143. The molecule has 0 atom stereocenters. The minimum absolute atomic E-state index is 0.00250. The summed E-state index contributed by atoms with van der Waals surface area (Å²) >= 11 is 0. The van der Waals surface area contributed by atoms with Gasteiger partial charge in [0.15, 0.2) is 12.1 Å². The Morgan fingerprint density at radius 2 is 1.50 bits per heavy atom. The second-order valence-corrected chi connectivity index (χ2v) is 4.60. The first-order valence-corrected chi connectivity index (χ1v) is 6.22. The molecule has 0 saturated carbocycles. The van der Waals surface area contributed by atoms with Gasteiger partial charge in [-0.15, -0.1) is 5.10 Å². The van der Waals surface area contributed by atoms with Crippen molar-refractivity contribution in [2.24, 2.45) is 0 Å². The normalized spacial score (nSPS) is 13.2. The van der Waals surface area contributed by atoms with Crippen LogP contribution in [0.1, 0.15) is 11.1 Å². The molecule has 2 aromatic rings. The largest absolute Gasteiger partial charge is 0.416 e. The van der Waals surface area contributed by atoms with E-state index in [1.807, 2.05) is 0 Å². The molecule has 0 saturated heterocycles. The van der Waals surface area contributed by atoms with Crippen LogP contribution in [0.2, 0.25) is 0 Å². The van der Waals surface area contributed by atoms with Crippen molar-refractivity contribution in [3.63, 3.8) is 0 Å². The topological polar surface area (TPSA) is 71.2 Å². The summed E-state index contributed by atoms with van der Waals surface area (Å²) < 4.78 is 77.6. The zero-order valence-electron chi connectivity index (χ0n) is 11.5. The maximum atomic E-state index is 12.8. The highest BCUT2D eigenvalue weighted by molar-refractivity contribution is 5.58. The van der Waals surface area contributed by atoms with Crippen molar-refractivity contribution in [2.45, 2.75) is 18.6 Å². The van der Waals surface area contributed by atoms with Gasteiger partial charge in [-0.25, -0.2) is 9.67 Å². The second kappa shape index (κ2) is 6.24. The summed E-state index contributed by atoms with van der Waals surface area (Å²) in [7, 11) is 0. The third-order valence-electron chi connectivity index (χ3n) is 2.77. The molecule has 0 bridgehead atoms. The average Bonchev–Trinajstić information content (AvgIpc) is 2.91. The summed E-state index contributed by atoms with van der Waals surface area (Å²) in [6.45, 7) is 0. The Hall–Kier alpha value is -2.40. The smallest absolute Gasteiger partial charge is 0.365 e. The molecule has 0 unspecified atom stereocenters. The van der Waals surface area contributed by atoms with Crippen LogP contribution in [0.3, 0.4) is 0 Å². The predicted octanol–water partition coefficient (Wildman–Crippen LogP) is 2.76. The fourth-order valence-electron chi connectivity index (χ4n) is 1.73. The van der Waals surface area contributed by atoms with Crippen LogP contribution in [0.25, 0.3) is 17.6 Å². The molecule has 0 amide bonds. The Morgan fingerprint density at radius 3 is 1.96 bits per heavy atom. The van der Waals surface area contributed by atoms with E-state index in [0.717, 1.165) is 23.3 Å². The minimum atomic E-state index is -4.97. The maximum absolute atomic E-state index is 12.8. The highest BCUT2D eigenvalue weighted by atomic mass is 19.4. The molecule has 5 nitrogen and oxygen atoms in total. The molecule has 1 heterocycles. The zero-order chi connectivity index (χ0) is 18.1. The van der Waals surface area contributed by atoms with Gasteiger partial charge >= 0.3 is 12.4 Å². The molecule has 0 spiro atoms. The van der Waals surface area contributed by atoms with E-state index in [2.05, 4.69) is 10.1 Å². The monoisotopic (exact) mass is 353 g/mol. The van der Waals surface area contributed by atoms with Gasteiger partial charge in [-0.2, -0.15) is 26.3 Å². The van der Waals surface area contributed by atoms with Crippen LogP contribution < -0.4 is 0 Å². The van der Waals surface area contributed by atoms with E-state index in [1.165, 1.54) is 0 Å². The van der Waals surface area contributed by atoms with Crippen LogP contribution >= 0.6 is 0 Å². The Balaban J connectivity index is 2.50. The Bertz CT molecular complexity index is 717. The molecule has 130 valence electrons. The molecule has 2 rings (SSSR count). The third kappa shape index (κ3) is 4.32. The Morgan fingerprint density at radius 1 is 0.958 bits per heavy atom. The number of benzene rings is 1. The first-order valence-electron chi connectivity index (χ1n) is 6.22. The molecule has 0 aliphatic heterocycles. The molecule has 0 aliphatic carbocycles. The van der Waals surface area contributed by atoms with Crippen LogP contribution in [0, 0.1) is 0 Å². The van der Waals surface area contributed by atoms with E-state index in [0.29, 0.717) is 12.1 Å². The van der Waals surface area contributed by atoms with Crippen LogP contribution in [0.15, 0.2) is 30.6 Å². The summed E-state index contributed by atoms with van der Waals surface area (Å²) in [6, 6.07) is 1.00. The van der Waals surface area contributed by atoms with Crippen LogP contribution in [0.5, 0.6) is 0 Å². The van der Waals surface area contributed by atoms with Crippen molar-refractivity contribution in [3.05, 3.63) is 41.7 Å². The van der Waals surface area contributed by atoms with E-state index in [1.54, 1.807) is 0 Å². The lowest BCUT2D eigenvalue weighted by Crippen LogP contribution is -2.11. The summed E-state index contributed by atoms with van der Waals surface area (Å²) in [5.41, 5.74) is -3.44. The number of aromatic nitrogens is 3. The van der Waals surface area contributed by atoms with Gasteiger partial charge in [0.2, 0.25) is 0 Å². The minimum Gasteiger partial charge on any atom is -0.365 e. The summed E-state index contributed by atoms with van der Waals surface area (Å²) in [5, 5.41) is 21.0. The predicted molar refractivity (Wildman–Crippen MR) is 69.0 cm³/mol. The van der Waals surface area contributed by atoms with Crippen LogP contribution in [-0.4, -0.2) is 31.3 Å². The highest BCUT2D eigenvalue weighted by Crippen LogP contribution is 2.37. The number of rotatable bonds is 3. The van der Waals surface area contributed by atoms with Gasteiger partial charge in [-0.05, 0) is 24.3 Å². The van der Waals surface area contributed by atoms with E-state index in [-0.39, 0.29) is 11.9 Å². The number of aliphatic hydroxyl groups is 2.